The molecule has 0 spiro atoms. The first-order chi connectivity index (χ1) is 11.5. The zero-order valence-corrected chi connectivity index (χ0v) is 15.7. The number of benzene rings is 1. The lowest BCUT2D eigenvalue weighted by Gasteiger charge is -2.24. The SMILES string of the molecule is Cc1cccc([C@@H](C)Nc2c(C#N)cnc3c2CC(Br)C=C3)c1C. The summed E-state index contributed by atoms with van der Waals surface area (Å²) >= 11 is 3.65. The lowest BCUT2D eigenvalue weighted by Crippen LogP contribution is -2.16. The molecule has 1 aromatic heterocycles. The number of nitrogens with one attached hydrogen (secondary N) is 1. The average molecular weight is 382 g/mol. The molecular weight excluding hydrogens is 362 g/mol. The number of pyridine rings is 1. The maximum absolute atomic E-state index is 9.51. The van der Waals surface area contributed by atoms with Gasteiger partial charge in [0.25, 0.3) is 0 Å². The molecule has 0 saturated carbocycles. The Hall–Kier alpha value is -2.12. The molecule has 24 heavy (non-hydrogen) atoms. The average Bonchev–Trinajstić information content (AvgIpc) is 2.57. The van der Waals surface area contributed by atoms with E-state index in [2.05, 4.69) is 77.3 Å². The Balaban J connectivity index is 2.02. The first-order valence-corrected chi connectivity index (χ1v) is 8.99. The van der Waals surface area contributed by atoms with Crippen LogP contribution in [0.15, 0.2) is 30.5 Å². The fraction of sp³-hybridized carbons (Fsp3) is 0.300. The molecule has 3 rings (SSSR count). The van der Waals surface area contributed by atoms with Crippen LogP contribution in [-0.2, 0) is 6.42 Å². The second-order valence-electron chi connectivity index (χ2n) is 6.26. The second-order valence-corrected chi connectivity index (χ2v) is 7.43. The lowest BCUT2D eigenvalue weighted by atomic mass is 9.95. The first kappa shape index (κ1) is 16.7. The highest BCUT2D eigenvalue weighted by Gasteiger charge is 2.21. The number of anilines is 1. The number of allylic oxidation sites excluding steroid dienone is 1. The molecule has 1 aromatic carbocycles. The number of hydrogen-bond donors (Lipinski definition) is 1. The summed E-state index contributed by atoms with van der Waals surface area (Å²) in [5, 5.41) is 13.1. The molecule has 4 heteroatoms. The largest absolute Gasteiger partial charge is 0.377 e. The Kier molecular flexibility index (Phi) is 4.73. The van der Waals surface area contributed by atoms with Crippen LogP contribution in [0.2, 0.25) is 0 Å². The summed E-state index contributed by atoms with van der Waals surface area (Å²) in [6.07, 6.45) is 6.61. The topological polar surface area (TPSA) is 48.7 Å². The molecule has 1 aliphatic rings. The minimum Gasteiger partial charge on any atom is -0.377 e. The molecule has 0 fully saturated rings. The maximum atomic E-state index is 9.51. The molecule has 1 N–H and O–H groups in total. The number of alkyl halides is 1. The second kappa shape index (κ2) is 6.78. The summed E-state index contributed by atoms with van der Waals surface area (Å²) in [5.74, 6) is 0. The molecule has 1 unspecified atom stereocenters. The van der Waals surface area contributed by atoms with Gasteiger partial charge in [-0.2, -0.15) is 5.26 Å². The number of aryl methyl sites for hydroxylation is 1. The summed E-state index contributed by atoms with van der Waals surface area (Å²) in [4.78, 5) is 4.70. The third kappa shape index (κ3) is 3.09. The Morgan fingerprint density at radius 3 is 2.92 bits per heavy atom. The van der Waals surface area contributed by atoms with Crippen LogP contribution in [0.5, 0.6) is 0 Å². The monoisotopic (exact) mass is 381 g/mol. The van der Waals surface area contributed by atoms with E-state index in [1.165, 1.54) is 16.7 Å². The summed E-state index contributed by atoms with van der Waals surface area (Å²) in [6.45, 7) is 6.41. The van der Waals surface area contributed by atoms with Gasteiger partial charge in [-0.05, 0) is 50.0 Å². The molecule has 0 saturated heterocycles. The first-order valence-electron chi connectivity index (χ1n) is 8.08. The van der Waals surface area contributed by atoms with Gasteiger partial charge in [0.15, 0.2) is 0 Å². The highest BCUT2D eigenvalue weighted by atomic mass is 79.9. The molecule has 0 amide bonds. The van der Waals surface area contributed by atoms with E-state index in [0.29, 0.717) is 5.56 Å². The van der Waals surface area contributed by atoms with Crippen molar-refractivity contribution in [1.29, 1.82) is 5.26 Å². The van der Waals surface area contributed by atoms with E-state index in [9.17, 15) is 5.26 Å². The van der Waals surface area contributed by atoms with Crippen LogP contribution >= 0.6 is 15.9 Å². The highest BCUT2D eigenvalue weighted by Crippen LogP contribution is 2.33. The Labute approximate surface area is 151 Å². The van der Waals surface area contributed by atoms with Crippen LogP contribution in [-0.4, -0.2) is 9.81 Å². The molecule has 1 heterocycles. The van der Waals surface area contributed by atoms with Gasteiger partial charge < -0.3 is 5.32 Å². The minimum atomic E-state index is 0.114. The van der Waals surface area contributed by atoms with Gasteiger partial charge in [-0.15, -0.1) is 0 Å². The number of aromatic nitrogens is 1. The molecule has 122 valence electrons. The van der Waals surface area contributed by atoms with Gasteiger partial charge in [-0.1, -0.05) is 40.2 Å². The molecule has 2 atom stereocenters. The van der Waals surface area contributed by atoms with Crippen molar-refractivity contribution >= 4 is 27.7 Å². The third-order valence-corrected chi connectivity index (χ3v) is 5.30. The maximum Gasteiger partial charge on any atom is 0.103 e. The van der Waals surface area contributed by atoms with E-state index < -0.39 is 0 Å². The van der Waals surface area contributed by atoms with Crippen LogP contribution in [0.3, 0.4) is 0 Å². The fourth-order valence-electron chi connectivity index (χ4n) is 3.16. The van der Waals surface area contributed by atoms with Crippen LogP contribution in [0, 0.1) is 25.2 Å². The minimum absolute atomic E-state index is 0.114. The number of halogens is 1. The van der Waals surface area contributed by atoms with Gasteiger partial charge in [-0.25, -0.2) is 0 Å². The van der Waals surface area contributed by atoms with Gasteiger partial charge in [0, 0.05) is 22.6 Å². The fourth-order valence-corrected chi connectivity index (χ4v) is 3.64. The predicted molar refractivity (Wildman–Crippen MR) is 102 cm³/mol. The van der Waals surface area contributed by atoms with Crippen molar-refractivity contribution in [2.24, 2.45) is 0 Å². The van der Waals surface area contributed by atoms with Crippen molar-refractivity contribution < 1.29 is 0 Å². The van der Waals surface area contributed by atoms with Crippen LogP contribution in [0.25, 0.3) is 6.08 Å². The third-order valence-electron chi connectivity index (χ3n) is 4.67. The van der Waals surface area contributed by atoms with Crippen LogP contribution < -0.4 is 5.32 Å². The zero-order chi connectivity index (χ0) is 17.3. The van der Waals surface area contributed by atoms with Gasteiger partial charge >= 0.3 is 0 Å². The van der Waals surface area contributed by atoms with Crippen molar-refractivity contribution in [2.45, 2.75) is 38.1 Å². The summed E-state index contributed by atoms with van der Waals surface area (Å²) < 4.78 is 0. The van der Waals surface area contributed by atoms with Crippen LogP contribution in [0.1, 0.15) is 46.5 Å². The number of nitriles is 1. The molecular formula is C20H20BrN3. The normalized spacial score (nSPS) is 17.0. The molecule has 0 radical (unpaired) electrons. The van der Waals surface area contributed by atoms with Crippen LogP contribution in [0.4, 0.5) is 5.69 Å². The van der Waals surface area contributed by atoms with E-state index in [1.807, 2.05) is 6.08 Å². The Bertz CT molecular complexity index is 849. The van der Waals surface area contributed by atoms with E-state index in [1.54, 1.807) is 6.20 Å². The Morgan fingerprint density at radius 1 is 1.38 bits per heavy atom. The number of rotatable bonds is 3. The molecule has 0 aliphatic heterocycles. The quantitative estimate of drug-likeness (QED) is 0.754. The number of fused-ring (bicyclic) bond motifs is 1. The predicted octanol–water partition coefficient (Wildman–Crippen LogP) is 5.08. The van der Waals surface area contributed by atoms with E-state index >= 15 is 0 Å². The van der Waals surface area contributed by atoms with Crippen molar-refractivity contribution in [3.8, 4) is 6.07 Å². The number of nitrogens with zero attached hydrogens (tertiary/aromatic N) is 2. The van der Waals surface area contributed by atoms with Gasteiger partial charge in [0.05, 0.1) is 16.9 Å². The smallest absolute Gasteiger partial charge is 0.103 e. The van der Waals surface area contributed by atoms with E-state index in [-0.39, 0.29) is 10.9 Å². The summed E-state index contributed by atoms with van der Waals surface area (Å²) in [5.41, 5.74) is 7.38. The molecule has 1 aliphatic carbocycles. The Morgan fingerprint density at radius 2 is 2.17 bits per heavy atom. The molecule has 2 aromatic rings. The van der Waals surface area contributed by atoms with E-state index in [4.69, 9.17) is 0 Å². The lowest BCUT2D eigenvalue weighted by molar-refractivity contribution is 0.859. The number of hydrogen-bond acceptors (Lipinski definition) is 3. The standard InChI is InChI=1S/C20H20BrN3/c1-12-5-4-6-17(13(12)2)14(3)24-20-15(10-22)11-23-19-8-7-16(21)9-18(19)20/h4-8,11,14,16H,9H2,1-3H3,(H,23,24)/t14-,16?/m1/s1. The highest BCUT2D eigenvalue weighted by molar-refractivity contribution is 9.09. The molecule has 3 nitrogen and oxygen atoms in total. The van der Waals surface area contributed by atoms with Gasteiger partial charge in [0.1, 0.15) is 6.07 Å². The van der Waals surface area contributed by atoms with Crippen molar-refractivity contribution in [3.05, 3.63) is 64.0 Å². The van der Waals surface area contributed by atoms with Crippen molar-refractivity contribution in [1.82, 2.24) is 4.98 Å². The molecule has 0 bridgehead atoms. The summed E-state index contributed by atoms with van der Waals surface area (Å²) in [6, 6.07) is 8.75. The van der Waals surface area contributed by atoms with Gasteiger partial charge in [-0.3, -0.25) is 4.98 Å². The summed E-state index contributed by atoms with van der Waals surface area (Å²) in [7, 11) is 0. The van der Waals surface area contributed by atoms with Crippen molar-refractivity contribution in [2.75, 3.05) is 5.32 Å². The van der Waals surface area contributed by atoms with Crippen molar-refractivity contribution in [3.63, 3.8) is 0 Å². The zero-order valence-electron chi connectivity index (χ0n) is 14.1. The van der Waals surface area contributed by atoms with Gasteiger partial charge in [0.2, 0.25) is 0 Å². The van der Waals surface area contributed by atoms with E-state index in [0.717, 1.165) is 23.4 Å².